The first-order valence-corrected chi connectivity index (χ1v) is 5.01. The maximum Gasteiger partial charge on any atom is 0.276 e. The number of pyridine rings is 1. The van der Waals surface area contributed by atoms with Crippen molar-refractivity contribution in [3.05, 3.63) is 22.2 Å². The van der Waals surface area contributed by atoms with Crippen molar-refractivity contribution < 1.29 is 14.5 Å². The van der Waals surface area contributed by atoms with Crippen LogP contribution in [0.3, 0.4) is 0 Å². The van der Waals surface area contributed by atoms with Crippen molar-refractivity contribution in [2.75, 3.05) is 30.8 Å². The summed E-state index contributed by atoms with van der Waals surface area (Å²) in [4.78, 5) is 24.2. The van der Waals surface area contributed by atoms with Gasteiger partial charge in [0, 0.05) is 6.54 Å². The number of nitrogens with one attached hydrogen (secondary N) is 1. The van der Waals surface area contributed by atoms with E-state index in [-0.39, 0.29) is 30.5 Å². The van der Waals surface area contributed by atoms with Crippen LogP contribution in [0.4, 0.5) is 17.3 Å². The van der Waals surface area contributed by atoms with Gasteiger partial charge in [0.15, 0.2) is 0 Å². The highest BCUT2D eigenvalue weighted by Gasteiger charge is 2.09. The fourth-order valence-corrected chi connectivity index (χ4v) is 1.16. The van der Waals surface area contributed by atoms with Crippen LogP contribution >= 0.6 is 0 Å². The minimum atomic E-state index is -0.563. The smallest absolute Gasteiger partial charge is 0.276 e. The van der Waals surface area contributed by atoms with E-state index in [9.17, 15) is 14.9 Å². The van der Waals surface area contributed by atoms with Gasteiger partial charge in [-0.3, -0.25) is 14.9 Å². The van der Waals surface area contributed by atoms with E-state index < -0.39 is 10.8 Å². The molecular weight excluding hydrogens is 242 g/mol. The average Bonchev–Trinajstić information content (AvgIpc) is 2.27. The van der Waals surface area contributed by atoms with E-state index in [0.29, 0.717) is 6.54 Å². The Labute approximate surface area is 102 Å². The summed E-state index contributed by atoms with van der Waals surface area (Å²) < 4.78 is 4.89. The number of primary amides is 1. The molecule has 1 rings (SSSR count). The third-order valence-electron chi connectivity index (χ3n) is 1.84. The molecule has 0 spiro atoms. The maximum absolute atomic E-state index is 10.6. The van der Waals surface area contributed by atoms with Crippen LogP contribution in [0.25, 0.3) is 0 Å². The topological polar surface area (TPSA) is 146 Å². The van der Waals surface area contributed by atoms with Gasteiger partial charge in [0.05, 0.1) is 23.7 Å². The van der Waals surface area contributed by atoms with Gasteiger partial charge < -0.3 is 21.5 Å². The number of hydrogen-bond acceptors (Lipinski definition) is 7. The minimum absolute atomic E-state index is 0.0461. The molecule has 0 saturated heterocycles. The van der Waals surface area contributed by atoms with E-state index in [1.807, 2.05) is 0 Å². The largest absolute Gasteiger partial charge is 0.383 e. The second kappa shape index (κ2) is 6.35. The molecule has 1 amide bonds. The molecule has 0 aromatic carbocycles. The Kier molecular flexibility index (Phi) is 4.81. The second-order valence-electron chi connectivity index (χ2n) is 3.34. The Balaban J connectivity index is 2.47. The number of ether oxygens (including phenoxy) is 1. The highest BCUT2D eigenvalue weighted by molar-refractivity contribution is 5.74. The molecule has 0 aliphatic carbocycles. The lowest BCUT2D eigenvalue weighted by Crippen LogP contribution is -2.20. The molecule has 0 saturated carbocycles. The maximum atomic E-state index is 10.6. The first kappa shape index (κ1) is 13.6. The van der Waals surface area contributed by atoms with Gasteiger partial charge in [-0.05, 0) is 0 Å². The third kappa shape index (κ3) is 4.61. The van der Waals surface area contributed by atoms with Crippen molar-refractivity contribution >= 4 is 23.2 Å². The zero-order chi connectivity index (χ0) is 13.5. The molecule has 0 atom stereocenters. The molecule has 0 unspecified atom stereocenters. The molecule has 0 aliphatic heterocycles. The van der Waals surface area contributed by atoms with Gasteiger partial charge in [0.25, 0.3) is 5.69 Å². The fourth-order valence-electron chi connectivity index (χ4n) is 1.16. The average molecular weight is 255 g/mol. The lowest BCUT2D eigenvalue weighted by molar-refractivity contribution is -0.384. The molecule has 0 bridgehead atoms. The lowest BCUT2D eigenvalue weighted by Gasteiger charge is -2.06. The van der Waals surface area contributed by atoms with Gasteiger partial charge >= 0.3 is 0 Å². The molecule has 9 heteroatoms. The standard InChI is InChI=1S/C9H13N5O4/c10-7-3-6(14(16)17)4-9(13-7)12-1-2-18-5-8(11)15/h3-4H,1-2,5H2,(H2,11,15)(H3,10,12,13). The van der Waals surface area contributed by atoms with Crippen LogP contribution in [0.1, 0.15) is 0 Å². The van der Waals surface area contributed by atoms with Crippen LogP contribution in [-0.2, 0) is 9.53 Å². The quantitative estimate of drug-likeness (QED) is 0.337. The molecule has 1 aromatic heterocycles. The van der Waals surface area contributed by atoms with E-state index >= 15 is 0 Å². The van der Waals surface area contributed by atoms with Gasteiger partial charge in [0.2, 0.25) is 5.91 Å². The van der Waals surface area contributed by atoms with Crippen LogP contribution in [0.2, 0.25) is 0 Å². The first-order chi connectivity index (χ1) is 8.49. The fraction of sp³-hybridized carbons (Fsp3) is 0.333. The second-order valence-corrected chi connectivity index (χ2v) is 3.34. The highest BCUT2D eigenvalue weighted by Crippen LogP contribution is 2.18. The predicted molar refractivity (Wildman–Crippen MR) is 63.8 cm³/mol. The van der Waals surface area contributed by atoms with Crippen molar-refractivity contribution in [2.24, 2.45) is 5.73 Å². The molecule has 9 nitrogen and oxygen atoms in total. The normalized spacial score (nSPS) is 10.0. The summed E-state index contributed by atoms with van der Waals surface area (Å²) in [5.74, 6) is -0.248. The number of nitrogens with two attached hydrogens (primary N) is 2. The number of aromatic nitrogens is 1. The Morgan fingerprint density at radius 3 is 2.89 bits per heavy atom. The van der Waals surface area contributed by atoms with Gasteiger partial charge in [-0.2, -0.15) is 0 Å². The summed E-state index contributed by atoms with van der Waals surface area (Å²) in [5, 5.41) is 13.4. The van der Waals surface area contributed by atoms with Crippen LogP contribution < -0.4 is 16.8 Å². The molecule has 98 valence electrons. The number of carbonyl (C=O) groups is 1. The van der Waals surface area contributed by atoms with Crippen molar-refractivity contribution in [1.82, 2.24) is 4.98 Å². The van der Waals surface area contributed by atoms with Crippen LogP contribution in [0.5, 0.6) is 0 Å². The molecule has 0 fully saturated rings. The first-order valence-electron chi connectivity index (χ1n) is 5.01. The zero-order valence-electron chi connectivity index (χ0n) is 9.46. The molecule has 0 radical (unpaired) electrons. The molecular formula is C9H13N5O4. The van der Waals surface area contributed by atoms with Gasteiger partial charge in [-0.15, -0.1) is 0 Å². The number of rotatable bonds is 7. The summed E-state index contributed by atoms with van der Waals surface area (Å²) in [5.41, 5.74) is 10.1. The molecule has 1 aromatic rings. The Bertz CT molecular complexity index is 451. The summed E-state index contributed by atoms with van der Waals surface area (Å²) in [6.45, 7) is 0.361. The minimum Gasteiger partial charge on any atom is -0.383 e. The van der Waals surface area contributed by atoms with Crippen LogP contribution in [0.15, 0.2) is 12.1 Å². The van der Waals surface area contributed by atoms with E-state index in [1.165, 1.54) is 6.07 Å². The number of hydrogen-bond donors (Lipinski definition) is 3. The number of anilines is 2. The van der Waals surface area contributed by atoms with E-state index in [2.05, 4.69) is 10.3 Å². The van der Waals surface area contributed by atoms with E-state index in [4.69, 9.17) is 16.2 Å². The van der Waals surface area contributed by atoms with Gasteiger partial charge in [0.1, 0.15) is 18.2 Å². The van der Waals surface area contributed by atoms with Gasteiger partial charge in [-0.25, -0.2) is 4.98 Å². The molecule has 5 N–H and O–H groups in total. The van der Waals surface area contributed by atoms with Crippen molar-refractivity contribution in [1.29, 1.82) is 0 Å². The Morgan fingerprint density at radius 1 is 1.56 bits per heavy atom. The molecule has 0 aliphatic rings. The molecule has 1 heterocycles. The monoisotopic (exact) mass is 255 g/mol. The van der Waals surface area contributed by atoms with E-state index in [1.54, 1.807) is 0 Å². The summed E-state index contributed by atoms with van der Waals surface area (Å²) in [6, 6.07) is 2.42. The van der Waals surface area contributed by atoms with E-state index in [0.717, 1.165) is 6.07 Å². The van der Waals surface area contributed by atoms with Crippen molar-refractivity contribution in [3.8, 4) is 0 Å². The predicted octanol–water partition coefficient (Wildman–Crippen LogP) is -0.514. The lowest BCUT2D eigenvalue weighted by atomic mass is 10.3. The third-order valence-corrected chi connectivity index (χ3v) is 1.84. The highest BCUT2D eigenvalue weighted by atomic mass is 16.6. The SMILES string of the molecule is NC(=O)COCCNc1cc([N+](=O)[O-])cc(N)n1. The summed E-state index contributed by atoms with van der Waals surface area (Å²) in [6.07, 6.45) is 0. The number of amides is 1. The Morgan fingerprint density at radius 2 is 2.28 bits per heavy atom. The van der Waals surface area contributed by atoms with Crippen LogP contribution in [0, 0.1) is 10.1 Å². The molecule has 18 heavy (non-hydrogen) atoms. The Hall–Kier alpha value is -2.42. The van der Waals surface area contributed by atoms with Crippen molar-refractivity contribution in [2.45, 2.75) is 0 Å². The van der Waals surface area contributed by atoms with Crippen LogP contribution in [-0.4, -0.2) is 35.6 Å². The zero-order valence-corrected chi connectivity index (χ0v) is 9.46. The number of carbonyl (C=O) groups excluding carboxylic acids is 1. The summed E-state index contributed by atoms with van der Waals surface area (Å²) in [7, 11) is 0. The van der Waals surface area contributed by atoms with Gasteiger partial charge in [-0.1, -0.05) is 0 Å². The van der Waals surface area contributed by atoms with Crippen molar-refractivity contribution in [3.63, 3.8) is 0 Å². The number of nitrogens with zero attached hydrogens (tertiary/aromatic N) is 2. The number of nitrogen functional groups attached to an aromatic ring is 1. The summed E-state index contributed by atoms with van der Waals surface area (Å²) >= 11 is 0. The number of nitro groups is 1.